The number of hydrogen-bond acceptors (Lipinski definition) is 3. The monoisotopic (exact) mass is 269 g/mol. The number of likely N-dealkylation sites (N-methyl/N-ethyl adjacent to an activating group) is 2. The minimum absolute atomic E-state index is 0.427. The number of nitrogens with zero attached hydrogens (tertiary/aromatic N) is 2. The van der Waals surface area contributed by atoms with E-state index >= 15 is 0 Å². The molecule has 18 heavy (non-hydrogen) atoms. The Morgan fingerprint density at radius 1 is 1.50 bits per heavy atom. The van der Waals surface area contributed by atoms with Crippen LogP contribution in [0.25, 0.3) is 0 Å². The first-order valence-corrected chi connectivity index (χ1v) is 7.66. The summed E-state index contributed by atoms with van der Waals surface area (Å²) in [7, 11) is 2.26. The van der Waals surface area contributed by atoms with Gasteiger partial charge in [0.15, 0.2) is 0 Å². The number of hydrogen-bond donors (Lipinski definition) is 1. The molecule has 1 unspecified atom stereocenters. The van der Waals surface area contributed by atoms with E-state index in [0.29, 0.717) is 10.4 Å². The van der Waals surface area contributed by atoms with Crippen LogP contribution in [0.1, 0.15) is 39.0 Å². The lowest BCUT2D eigenvalue weighted by molar-refractivity contribution is 0.179. The lowest BCUT2D eigenvalue weighted by atomic mass is 10.0. The highest BCUT2D eigenvalue weighted by Crippen LogP contribution is 2.49. The van der Waals surface area contributed by atoms with Crippen LogP contribution < -0.4 is 5.73 Å². The molecule has 0 aromatic rings. The lowest BCUT2D eigenvalue weighted by Crippen LogP contribution is -2.41. The zero-order chi connectivity index (χ0) is 13.2. The Kier molecular flexibility index (Phi) is 4.62. The number of nitrogens with two attached hydrogens (primary N) is 1. The summed E-state index contributed by atoms with van der Waals surface area (Å²) in [6.07, 6.45) is 6.27. The molecule has 1 aliphatic heterocycles. The van der Waals surface area contributed by atoms with Gasteiger partial charge in [-0.3, -0.25) is 4.90 Å². The van der Waals surface area contributed by atoms with Gasteiger partial charge in [-0.05, 0) is 51.2 Å². The van der Waals surface area contributed by atoms with Crippen LogP contribution in [0.3, 0.4) is 0 Å². The van der Waals surface area contributed by atoms with E-state index in [1.807, 2.05) is 0 Å². The van der Waals surface area contributed by atoms with Crippen molar-refractivity contribution < 1.29 is 0 Å². The van der Waals surface area contributed by atoms with Gasteiger partial charge in [0.25, 0.3) is 0 Å². The molecule has 2 fully saturated rings. The topological polar surface area (TPSA) is 32.5 Å². The molecule has 0 aromatic heterocycles. The molecule has 1 saturated carbocycles. The summed E-state index contributed by atoms with van der Waals surface area (Å²) in [6, 6.07) is 0.764. The fourth-order valence-corrected chi connectivity index (χ4v) is 3.76. The second kappa shape index (κ2) is 5.85. The van der Waals surface area contributed by atoms with E-state index in [4.69, 9.17) is 18.0 Å². The second-order valence-corrected chi connectivity index (χ2v) is 6.79. The molecule has 0 bridgehead atoms. The van der Waals surface area contributed by atoms with E-state index in [0.717, 1.165) is 12.5 Å². The molecule has 2 N–H and O–H groups in total. The molecule has 1 heterocycles. The van der Waals surface area contributed by atoms with E-state index in [1.165, 1.54) is 51.9 Å². The van der Waals surface area contributed by atoms with Crippen LogP contribution in [0, 0.1) is 5.41 Å². The summed E-state index contributed by atoms with van der Waals surface area (Å²) in [6.45, 7) is 7.11. The highest BCUT2D eigenvalue weighted by atomic mass is 32.1. The van der Waals surface area contributed by atoms with E-state index in [2.05, 4.69) is 23.8 Å². The van der Waals surface area contributed by atoms with Crippen molar-refractivity contribution in [1.29, 1.82) is 0 Å². The fraction of sp³-hybridized carbons (Fsp3) is 0.929. The Bertz CT molecular complexity index is 301. The molecule has 2 rings (SSSR count). The van der Waals surface area contributed by atoms with Crippen molar-refractivity contribution in [1.82, 2.24) is 9.80 Å². The first-order chi connectivity index (χ1) is 8.54. The molecule has 3 nitrogen and oxygen atoms in total. The Labute approximate surface area is 117 Å². The predicted molar refractivity (Wildman–Crippen MR) is 80.8 cm³/mol. The van der Waals surface area contributed by atoms with Crippen LogP contribution in [-0.2, 0) is 0 Å². The summed E-state index contributed by atoms with van der Waals surface area (Å²) in [5.41, 5.74) is 6.13. The van der Waals surface area contributed by atoms with Crippen LogP contribution in [-0.4, -0.2) is 54.1 Å². The van der Waals surface area contributed by atoms with Gasteiger partial charge >= 0.3 is 0 Å². The molecule has 2 aliphatic rings. The first-order valence-electron chi connectivity index (χ1n) is 7.25. The number of thiocarbonyl (C=S) groups is 1. The summed E-state index contributed by atoms with van der Waals surface area (Å²) in [5, 5.41) is 0. The van der Waals surface area contributed by atoms with Gasteiger partial charge in [0.05, 0.1) is 4.99 Å². The van der Waals surface area contributed by atoms with Gasteiger partial charge < -0.3 is 10.6 Å². The quantitative estimate of drug-likeness (QED) is 0.715. The molecule has 4 heteroatoms. The standard InChI is InChI=1S/C14H27N3S/c1-3-17-8-4-5-12(17)10-16(2)11-14(6-7-14)9-13(15)18/h12H,3-11H2,1-2H3,(H2,15,18). The largest absolute Gasteiger partial charge is 0.393 e. The Hall–Kier alpha value is -0.190. The third kappa shape index (κ3) is 3.65. The molecule has 1 atom stereocenters. The first kappa shape index (κ1) is 14.2. The summed E-state index contributed by atoms with van der Waals surface area (Å²) < 4.78 is 0. The van der Waals surface area contributed by atoms with E-state index in [-0.39, 0.29) is 0 Å². The van der Waals surface area contributed by atoms with Crippen LogP contribution in [0.4, 0.5) is 0 Å². The van der Waals surface area contributed by atoms with Crippen LogP contribution >= 0.6 is 12.2 Å². The Morgan fingerprint density at radius 2 is 2.22 bits per heavy atom. The van der Waals surface area contributed by atoms with Gasteiger partial charge in [0.2, 0.25) is 0 Å². The van der Waals surface area contributed by atoms with Crippen molar-refractivity contribution in [3.63, 3.8) is 0 Å². The van der Waals surface area contributed by atoms with Crippen LogP contribution in [0.2, 0.25) is 0 Å². The lowest BCUT2D eigenvalue weighted by Gasteiger charge is -2.30. The number of rotatable bonds is 7. The molecular weight excluding hydrogens is 242 g/mol. The number of likely N-dealkylation sites (tertiary alicyclic amines) is 1. The Morgan fingerprint density at radius 3 is 2.78 bits per heavy atom. The van der Waals surface area contributed by atoms with Gasteiger partial charge in [-0.2, -0.15) is 0 Å². The highest BCUT2D eigenvalue weighted by molar-refractivity contribution is 7.80. The molecule has 1 saturated heterocycles. The Balaban J connectivity index is 1.78. The zero-order valence-electron chi connectivity index (χ0n) is 11.8. The van der Waals surface area contributed by atoms with Crippen molar-refractivity contribution in [3.05, 3.63) is 0 Å². The van der Waals surface area contributed by atoms with Crippen LogP contribution in [0.5, 0.6) is 0 Å². The minimum atomic E-state index is 0.427. The maximum atomic E-state index is 5.71. The van der Waals surface area contributed by atoms with E-state index < -0.39 is 0 Å². The van der Waals surface area contributed by atoms with Gasteiger partial charge in [-0.15, -0.1) is 0 Å². The zero-order valence-corrected chi connectivity index (χ0v) is 12.6. The van der Waals surface area contributed by atoms with Crippen molar-refractivity contribution in [3.8, 4) is 0 Å². The van der Waals surface area contributed by atoms with Crippen molar-refractivity contribution in [2.45, 2.75) is 45.1 Å². The van der Waals surface area contributed by atoms with Crippen molar-refractivity contribution in [2.75, 3.05) is 33.2 Å². The van der Waals surface area contributed by atoms with Gasteiger partial charge in [-0.1, -0.05) is 19.1 Å². The summed E-state index contributed by atoms with van der Waals surface area (Å²) >= 11 is 5.07. The van der Waals surface area contributed by atoms with Crippen LogP contribution in [0.15, 0.2) is 0 Å². The second-order valence-electron chi connectivity index (χ2n) is 6.26. The molecule has 0 amide bonds. The van der Waals surface area contributed by atoms with Crippen molar-refractivity contribution in [2.24, 2.45) is 11.1 Å². The SMILES string of the molecule is CCN1CCCC1CN(C)CC1(CC(N)=S)CC1. The van der Waals surface area contributed by atoms with Gasteiger partial charge in [0.1, 0.15) is 0 Å². The van der Waals surface area contributed by atoms with Crippen molar-refractivity contribution >= 4 is 17.2 Å². The molecule has 0 spiro atoms. The molecular formula is C14H27N3S. The molecule has 0 aromatic carbocycles. The van der Waals surface area contributed by atoms with Gasteiger partial charge in [0, 0.05) is 25.6 Å². The average Bonchev–Trinajstić information content (AvgIpc) is 2.87. The fourth-order valence-electron chi connectivity index (χ4n) is 3.45. The molecule has 1 aliphatic carbocycles. The third-order valence-corrected chi connectivity index (χ3v) is 4.68. The highest BCUT2D eigenvalue weighted by Gasteiger charge is 2.43. The van der Waals surface area contributed by atoms with E-state index in [1.54, 1.807) is 0 Å². The normalized spacial score (nSPS) is 26.7. The maximum absolute atomic E-state index is 5.71. The maximum Gasteiger partial charge on any atom is 0.0733 e. The van der Waals surface area contributed by atoms with Gasteiger partial charge in [-0.25, -0.2) is 0 Å². The summed E-state index contributed by atoms with van der Waals surface area (Å²) in [5.74, 6) is 0. The molecule has 104 valence electrons. The average molecular weight is 269 g/mol. The van der Waals surface area contributed by atoms with E-state index in [9.17, 15) is 0 Å². The molecule has 0 radical (unpaired) electrons. The predicted octanol–water partition coefficient (Wildman–Crippen LogP) is 1.86. The smallest absolute Gasteiger partial charge is 0.0733 e. The third-order valence-electron chi connectivity index (χ3n) is 4.54. The minimum Gasteiger partial charge on any atom is -0.393 e. The summed E-state index contributed by atoms with van der Waals surface area (Å²) in [4.78, 5) is 5.81.